The summed E-state index contributed by atoms with van der Waals surface area (Å²) < 4.78 is 0. The third kappa shape index (κ3) is 2.59. The number of aliphatic carboxylic acids is 1. The number of carboxylic acid groups (broad SMARTS) is 1. The minimum Gasteiger partial charge on any atom is -0.480 e. The molecule has 1 atom stereocenters. The average molecular weight is 280 g/mol. The number of carboxylic acids is 1. The minimum absolute atomic E-state index is 0.000810. The van der Waals surface area contributed by atoms with E-state index < -0.39 is 11.5 Å². The predicted octanol–water partition coefficient (Wildman–Crippen LogP) is 1.84. The first-order valence-corrected chi connectivity index (χ1v) is 7.45. The van der Waals surface area contributed by atoms with Gasteiger partial charge in [-0.25, -0.2) is 0 Å². The molecule has 20 heavy (non-hydrogen) atoms. The summed E-state index contributed by atoms with van der Waals surface area (Å²) in [4.78, 5) is 27.5. The molecule has 2 aliphatic rings. The van der Waals surface area contributed by atoms with Crippen LogP contribution in [0.2, 0.25) is 0 Å². The summed E-state index contributed by atoms with van der Waals surface area (Å²) in [5.74, 6) is -0.799. The summed E-state index contributed by atoms with van der Waals surface area (Å²) in [6.07, 6.45) is 7.21. The Bertz CT molecular complexity index is 433. The van der Waals surface area contributed by atoms with Crippen molar-refractivity contribution in [1.29, 1.82) is 0 Å². The Hall–Kier alpha value is -1.36. The van der Waals surface area contributed by atoms with Gasteiger partial charge in [-0.15, -0.1) is 0 Å². The van der Waals surface area contributed by atoms with Gasteiger partial charge in [-0.2, -0.15) is 0 Å². The highest BCUT2D eigenvalue weighted by molar-refractivity contribution is 5.83. The van der Waals surface area contributed by atoms with Crippen LogP contribution in [-0.4, -0.2) is 52.5 Å². The zero-order chi connectivity index (χ0) is 14.8. The number of rotatable bonds is 5. The number of likely N-dealkylation sites (N-methyl/N-ethyl adjacent to an activating group) is 1. The highest BCUT2D eigenvalue weighted by Gasteiger charge is 2.46. The van der Waals surface area contributed by atoms with Crippen LogP contribution in [-0.2, 0) is 9.59 Å². The smallest absolute Gasteiger partial charge is 0.324 e. The normalized spacial score (nSPS) is 26.6. The summed E-state index contributed by atoms with van der Waals surface area (Å²) in [6.45, 7) is 2.78. The van der Waals surface area contributed by atoms with Gasteiger partial charge in [0.15, 0.2) is 0 Å². The van der Waals surface area contributed by atoms with E-state index >= 15 is 0 Å². The van der Waals surface area contributed by atoms with E-state index in [4.69, 9.17) is 0 Å². The van der Waals surface area contributed by atoms with Crippen LogP contribution in [0, 0.1) is 0 Å². The first-order chi connectivity index (χ1) is 9.51. The Kier molecular flexibility index (Phi) is 4.48. The number of hydrogen-bond acceptors (Lipinski definition) is 3. The van der Waals surface area contributed by atoms with Crippen LogP contribution in [0.25, 0.3) is 0 Å². The average Bonchev–Trinajstić information content (AvgIpc) is 3.07. The quantitative estimate of drug-likeness (QED) is 0.835. The molecule has 1 unspecified atom stereocenters. The fourth-order valence-electron chi connectivity index (χ4n) is 3.35. The monoisotopic (exact) mass is 280 g/mol. The van der Waals surface area contributed by atoms with Gasteiger partial charge in [0.2, 0.25) is 5.91 Å². The maximum atomic E-state index is 12.4. The lowest BCUT2D eigenvalue weighted by atomic mass is 9.93. The molecule has 112 valence electrons. The Morgan fingerprint density at radius 1 is 1.45 bits per heavy atom. The summed E-state index contributed by atoms with van der Waals surface area (Å²) in [7, 11) is 1.80. The van der Waals surface area contributed by atoms with Crippen LogP contribution in [0.4, 0.5) is 0 Å². The molecule has 0 aromatic rings. The Labute approximate surface area is 120 Å². The van der Waals surface area contributed by atoms with Crippen LogP contribution in [0.15, 0.2) is 11.8 Å². The van der Waals surface area contributed by atoms with Crippen LogP contribution in [0.3, 0.4) is 0 Å². The van der Waals surface area contributed by atoms with Gasteiger partial charge in [0.05, 0.1) is 6.54 Å². The zero-order valence-corrected chi connectivity index (χ0v) is 12.4. The lowest BCUT2D eigenvalue weighted by Crippen LogP contribution is -2.53. The molecule has 1 saturated heterocycles. The second-order valence-electron chi connectivity index (χ2n) is 5.76. The number of carbonyl (C=O) groups is 2. The molecule has 0 spiro atoms. The summed E-state index contributed by atoms with van der Waals surface area (Å²) >= 11 is 0. The lowest BCUT2D eigenvalue weighted by Gasteiger charge is -2.34. The van der Waals surface area contributed by atoms with E-state index in [1.54, 1.807) is 11.9 Å². The van der Waals surface area contributed by atoms with Crippen molar-refractivity contribution in [1.82, 2.24) is 9.80 Å². The van der Waals surface area contributed by atoms with Gasteiger partial charge >= 0.3 is 5.97 Å². The zero-order valence-electron chi connectivity index (χ0n) is 12.4. The molecule has 0 aromatic heterocycles. The van der Waals surface area contributed by atoms with Gasteiger partial charge in [-0.3, -0.25) is 14.5 Å². The molecule has 5 heteroatoms. The molecule has 1 N–H and O–H groups in total. The van der Waals surface area contributed by atoms with Crippen molar-refractivity contribution in [3.63, 3.8) is 0 Å². The number of amides is 1. The van der Waals surface area contributed by atoms with Crippen molar-refractivity contribution < 1.29 is 14.7 Å². The van der Waals surface area contributed by atoms with Crippen LogP contribution in [0.1, 0.15) is 45.4 Å². The molecule has 0 radical (unpaired) electrons. The highest BCUT2D eigenvalue weighted by Crippen LogP contribution is 2.33. The second kappa shape index (κ2) is 5.95. The fourth-order valence-corrected chi connectivity index (χ4v) is 3.35. The SMILES string of the molecule is CCC1(C(=O)O)CCCN1CC(=O)N(C)C1=CCCC1. The fraction of sp³-hybridized carbons (Fsp3) is 0.733. The van der Waals surface area contributed by atoms with E-state index in [-0.39, 0.29) is 12.5 Å². The molecule has 1 aliphatic carbocycles. The number of likely N-dealkylation sites (tertiary alicyclic amines) is 1. The predicted molar refractivity (Wildman–Crippen MR) is 76.2 cm³/mol. The van der Waals surface area contributed by atoms with Gasteiger partial charge in [0, 0.05) is 12.7 Å². The molecule has 2 rings (SSSR count). The minimum atomic E-state index is -0.847. The van der Waals surface area contributed by atoms with Gasteiger partial charge in [0.1, 0.15) is 5.54 Å². The Morgan fingerprint density at radius 2 is 2.20 bits per heavy atom. The standard InChI is InChI=1S/C15H24N2O3/c1-3-15(14(19)20)9-6-10-17(15)11-13(18)16(2)12-7-4-5-8-12/h7H,3-6,8-11H2,1-2H3,(H,19,20). The molecule has 0 bridgehead atoms. The molecule has 1 aliphatic heterocycles. The van der Waals surface area contributed by atoms with Gasteiger partial charge in [0.25, 0.3) is 0 Å². The van der Waals surface area contributed by atoms with Gasteiger partial charge < -0.3 is 10.0 Å². The van der Waals surface area contributed by atoms with E-state index in [1.807, 2.05) is 11.8 Å². The largest absolute Gasteiger partial charge is 0.480 e. The van der Waals surface area contributed by atoms with Crippen LogP contribution >= 0.6 is 0 Å². The first kappa shape index (κ1) is 15.0. The maximum absolute atomic E-state index is 12.4. The van der Waals surface area contributed by atoms with E-state index in [0.29, 0.717) is 19.4 Å². The second-order valence-corrected chi connectivity index (χ2v) is 5.76. The molecular formula is C15H24N2O3. The van der Waals surface area contributed by atoms with Crippen molar-refractivity contribution >= 4 is 11.9 Å². The number of nitrogens with zero attached hydrogens (tertiary/aromatic N) is 2. The Morgan fingerprint density at radius 3 is 2.75 bits per heavy atom. The number of carbonyl (C=O) groups excluding carboxylic acids is 1. The van der Waals surface area contributed by atoms with Crippen LogP contribution in [0.5, 0.6) is 0 Å². The molecule has 0 aromatic carbocycles. The van der Waals surface area contributed by atoms with E-state index in [2.05, 4.69) is 6.08 Å². The number of hydrogen-bond donors (Lipinski definition) is 1. The van der Waals surface area contributed by atoms with Crippen molar-refractivity contribution in [2.75, 3.05) is 20.1 Å². The number of allylic oxidation sites excluding steroid dienone is 2. The first-order valence-electron chi connectivity index (χ1n) is 7.45. The highest BCUT2D eigenvalue weighted by atomic mass is 16.4. The molecular weight excluding hydrogens is 256 g/mol. The third-order valence-corrected chi connectivity index (χ3v) is 4.75. The summed E-state index contributed by atoms with van der Waals surface area (Å²) in [6, 6.07) is 0. The van der Waals surface area contributed by atoms with Crippen molar-refractivity contribution in [3.8, 4) is 0 Å². The Balaban J connectivity index is 2.04. The van der Waals surface area contributed by atoms with Crippen molar-refractivity contribution in [2.45, 2.75) is 51.0 Å². The summed E-state index contributed by atoms with van der Waals surface area (Å²) in [5.41, 5.74) is 0.229. The summed E-state index contributed by atoms with van der Waals surface area (Å²) in [5, 5.41) is 9.52. The van der Waals surface area contributed by atoms with Gasteiger partial charge in [-0.1, -0.05) is 13.0 Å². The molecule has 1 amide bonds. The topological polar surface area (TPSA) is 60.9 Å². The third-order valence-electron chi connectivity index (χ3n) is 4.75. The van der Waals surface area contributed by atoms with E-state index in [9.17, 15) is 14.7 Å². The van der Waals surface area contributed by atoms with Crippen molar-refractivity contribution in [3.05, 3.63) is 11.8 Å². The maximum Gasteiger partial charge on any atom is 0.324 e. The van der Waals surface area contributed by atoms with E-state index in [0.717, 1.165) is 31.4 Å². The van der Waals surface area contributed by atoms with E-state index in [1.165, 1.54) is 0 Å². The van der Waals surface area contributed by atoms with Gasteiger partial charge in [-0.05, 0) is 45.1 Å². The van der Waals surface area contributed by atoms with Crippen molar-refractivity contribution in [2.24, 2.45) is 0 Å². The molecule has 5 nitrogen and oxygen atoms in total. The lowest BCUT2D eigenvalue weighted by molar-refractivity contribution is -0.151. The molecule has 1 fully saturated rings. The van der Waals surface area contributed by atoms with Crippen LogP contribution < -0.4 is 0 Å². The molecule has 0 saturated carbocycles. The molecule has 1 heterocycles.